The Kier molecular flexibility index (Phi) is 7.08. The number of nitrogens with zero attached hydrogens (tertiary/aromatic N) is 1. The summed E-state index contributed by atoms with van der Waals surface area (Å²) in [7, 11) is 0. The summed E-state index contributed by atoms with van der Waals surface area (Å²) >= 11 is 0. The number of hydrogen-bond acceptors (Lipinski definition) is 4. The van der Waals surface area contributed by atoms with Crippen LogP contribution in [0.15, 0.2) is 54.6 Å². The number of carboxylic acid groups (broad SMARTS) is 1. The molecule has 0 bridgehead atoms. The van der Waals surface area contributed by atoms with Crippen molar-refractivity contribution >= 4 is 23.5 Å². The molecule has 1 saturated carbocycles. The summed E-state index contributed by atoms with van der Waals surface area (Å²) in [6, 6.07) is 15.2. The van der Waals surface area contributed by atoms with Crippen LogP contribution in [0.4, 0.5) is 5.69 Å². The number of likely N-dealkylation sites (tertiary alicyclic amines) is 1. The van der Waals surface area contributed by atoms with Gasteiger partial charge in [0.15, 0.2) is 0 Å². The molecule has 0 unspecified atom stereocenters. The van der Waals surface area contributed by atoms with Gasteiger partial charge in [0.1, 0.15) is 6.04 Å². The Balaban J connectivity index is 1.55. The number of aromatic carboxylic acids is 1. The van der Waals surface area contributed by atoms with Crippen LogP contribution in [-0.2, 0) is 9.59 Å². The van der Waals surface area contributed by atoms with Gasteiger partial charge in [-0.25, -0.2) is 4.79 Å². The van der Waals surface area contributed by atoms with E-state index in [1.54, 1.807) is 17.0 Å². The van der Waals surface area contributed by atoms with E-state index in [0.29, 0.717) is 18.7 Å². The Bertz CT molecular complexity index is 984. The zero-order chi connectivity index (χ0) is 23.4. The zero-order valence-electron chi connectivity index (χ0n) is 18.5. The van der Waals surface area contributed by atoms with Crippen LogP contribution in [0.5, 0.6) is 0 Å². The van der Waals surface area contributed by atoms with Crippen molar-refractivity contribution in [1.29, 1.82) is 0 Å². The first-order valence-corrected chi connectivity index (χ1v) is 11.6. The summed E-state index contributed by atoms with van der Waals surface area (Å²) < 4.78 is 0. The Hall–Kier alpha value is -3.19. The van der Waals surface area contributed by atoms with Crippen molar-refractivity contribution in [3.63, 3.8) is 0 Å². The van der Waals surface area contributed by atoms with Crippen LogP contribution in [0.25, 0.3) is 0 Å². The van der Waals surface area contributed by atoms with Crippen LogP contribution in [0.1, 0.15) is 53.9 Å². The third-order valence-electron chi connectivity index (χ3n) is 7.03. The summed E-state index contributed by atoms with van der Waals surface area (Å²) in [6.07, 6.45) is 3.84. The number of carbonyl (C=O) groups is 3. The van der Waals surface area contributed by atoms with Gasteiger partial charge in [0.05, 0.1) is 5.56 Å². The molecule has 1 heterocycles. The molecule has 3 N–H and O–H groups in total. The van der Waals surface area contributed by atoms with Crippen molar-refractivity contribution in [1.82, 2.24) is 4.90 Å². The molecule has 1 aliphatic heterocycles. The number of hydrogen-bond donors (Lipinski definition) is 3. The third-order valence-corrected chi connectivity index (χ3v) is 7.03. The first-order valence-electron chi connectivity index (χ1n) is 11.6. The molecule has 1 saturated heterocycles. The molecular weight excluding hydrogens is 420 g/mol. The molecule has 0 radical (unpaired) electrons. The van der Waals surface area contributed by atoms with Crippen LogP contribution in [-0.4, -0.2) is 52.1 Å². The molecule has 0 aromatic heterocycles. The summed E-state index contributed by atoms with van der Waals surface area (Å²) in [5.41, 5.74) is 1.67. The average molecular weight is 451 g/mol. The third kappa shape index (κ3) is 5.09. The zero-order valence-corrected chi connectivity index (χ0v) is 18.5. The Morgan fingerprint density at radius 1 is 0.909 bits per heavy atom. The molecular formula is C26H30N2O5. The van der Waals surface area contributed by atoms with E-state index in [1.165, 1.54) is 12.1 Å². The number of anilines is 1. The first-order chi connectivity index (χ1) is 16.0. The van der Waals surface area contributed by atoms with Crippen molar-refractivity contribution in [2.75, 3.05) is 18.5 Å². The van der Waals surface area contributed by atoms with Gasteiger partial charge in [-0.3, -0.25) is 9.59 Å². The predicted octanol–water partition coefficient (Wildman–Crippen LogP) is 3.51. The summed E-state index contributed by atoms with van der Waals surface area (Å²) in [6.45, 7) is 0.681. The molecule has 2 amide bonds. The highest BCUT2D eigenvalue weighted by molar-refractivity contribution is 5.99. The fourth-order valence-corrected chi connectivity index (χ4v) is 5.15. The fraction of sp³-hybridized carbons (Fsp3) is 0.423. The number of aliphatic hydroxyl groups excluding tert-OH is 1. The highest BCUT2D eigenvalue weighted by Crippen LogP contribution is 2.37. The molecule has 174 valence electrons. The van der Waals surface area contributed by atoms with Crippen LogP contribution < -0.4 is 5.32 Å². The van der Waals surface area contributed by atoms with E-state index in [9.17, 15) is 19.5 Å². The average Bonchev–Trinajstić information content (AvgIpc) is 3.30. The lowest BCUT2D eigenvalue weighted by Gasteiger charge is -2.33. The number of nitrogens with one attached hydrogen (secondary N) is 1. The normalized spacial score (nSPS) is 24.9. The lowest BCUT2D eigenvalue weighted by atomic mass is 9.81. The fourth-order valence-electron chi connectivity index (χ4n) is 5.15. The standard InChI is InChI=1S/C26H30N2O5/c29-16-17-6-8-19(9-7-17)25(31)28-15-14-22(18-4-2-1-3-5-18)23(28)24(30)27-21-12-10-20(11-13-21)26(32)33/h1-5,10-13,17,19,22-23,29H,6-9,14-16H2,(H,27,30)(H,32,33)/t17?,19?,22-,23-/m1/s1. The quantitative estimate of drug-likeness (QED) is 0.624. The predicted molar refractivity (Wildman–Crippen MR) is 124 cm³/mol. The van der Waals surface area contributed by atoms with Crippen molar-refractivity contribution in [3.8, 4) is 0 Å². The van der Waals surface area contributed by atoms with Crippen molar-refractivity contribution < 1.29 is 24.6 Å². The van der Waals surface area contributed by atoms with E-state index in [2.05, 4.69) is 5.32 Å². The molecule has 2 aliphatic rings. The number of benzene rings is 2. The maximum absolute atomic E-state index is 13.5. The van der Waals surface area contributed by atoms with E-state index in [0.717, 1.165) is 31.2 Å². The van der Waals surface area contributed by atoms with E-state index in [1.807, 2.05) is 30.3 Å². The number of carbonyl (C=O) groups excluding carboxylic acids is 2. The van der Waals surface area contributed by atoms with Crippen LogP contribution >= 0.6 is 0 Å². The van der Waals surface area contributed by atoms with E-state index in [4.69, 9.17) is 5.11 Å². The van der Waals surface area contributed by atoms with Gasteiger partial charge >= 0.3 is 5.97 Å². The number of rotatable bonds is 6. The van der Waals surface area contributed by atoms with Crippen LogP contribution in [0.3, 0.4) is 0 Å². The second-order valence-corrected chi connectivity index (χ2v) is 9.05. The smallest absolute Gasteiger partial charge is 0.335 e. The molecule has 7 heteroatoms. The molecule has 2 atom stereocenters. The van der Waals surface area contributed by atoms with E-state index >= 15 is 0 Å². The van der Waals surface area contributed by atoms with Gasteiger partial charge in [0, 0.05) is 30.7 Å². The van der Waals surface area contributed by atoms with Crippen molar-refractivity contribution in [3.05, 3.63) is 65.7 Å². The Labute approximate surface area is 193 Å². The summed E-state index contributed by atoms with van der Waals surface area (Å²) in [5, 5.41) is 21.4. The van der Waals surface area contributed by atoms with Crippen LogP contribution in [0, 0.1) is 11.8 Å². The molecule has 2 aromatic rings. The molecule has 33 heavy (non-hydrogen) atoms. The van der Waals surface area contributed by atoms with Crippen molar-refractivity contribution in [2.45, 2.75) is 44.1 Å². The summed E-state index contributed by atoms with van der Waals surface area (Å²) in [4.78, 5) is 39.8. The number of carboxylic acids is 1. The SMILES string of the molecule is O=C(O)c1ccc(NC(=O)[C@H]2[C@@H](c3ccccc3)CCN2C(=O)C2CCC(CO)CC2)cc1. The minimum Gasteiger partial charge on any atom is -0.478 e. The molecule has 7 nitrogen and oxygen atoms in total. The highest BCUT2D eigenvalue weighted by atomic mass is 16.4. The Morgan fingerprint density at radius 2 is 1.58 bits per heavy atom. The minimum atomic E-state index is -1.03. The molecule has 4 rings (SSSR count). The van der Waals surface area contributed by atoms with E-state index < -0.39 is 12.0 Å². The van der Waals surface area contributed by atoms with Crippen LogP contribution in [0.2, 0.25) is 0 Å². The lowest BCUT2D eigenvalue weighted by molar-refractivity contribution is -0.141. The van der Waals surface area contributed by atoms with Gasteiger partial charge in [0.2, 0.25) is 11.8 Å². The summed E-state index contributed by atoms with van der Waals surface area (Å²) in [5.74, 6) is -1.24. The Morgan fingerprint density at radius 3 is 2.18 bits per heavy atom. The highest BCUT2D eigenvalue weighted by Gasteiger charge is 2.44. The molecule has 2 fully saturated rings. The number of aliphatic hydroxyl groups is 1. The van der Waals surface area contributed by atoms with Crippen molar-refractivity contribution in [2.24, 2.45) is 11.8 Å². The van der Waals surface area contributed by atoms with Gasteiger partial charge in [-0.05, 0) is 67.9 Å². The lowest BCUT2D eigenvalue weighted by Crippen LogP contribution is -2.48. The molecule has 0 spiro atoms. The first kappa shape index (κ1) is 23.0. The van der Waals surface area contributed by atoms with Gasteiger partial charge in [-0.1, -0.05) is 30.3 Å². The van der Waals surface area contributed by atoms with Gasteiger partial charge in [0.25, 0.3) is 0 Å². The molecule has 2 aromatic carbocycles. The maximum atomic E-state index is 13.5. The maximum Gasteiger partial charge on any atom is 0.335 e. The van der Waals surface area contributed by atoms with Gasteiger partial charge in [-0.15, -0.1) is 0 Å². The van der Waals surface area contributed by atoms with Gasteiger partial charge in [-0.2, -0.15) is 0 Å². The second-order valence-electron chi connectivity index (χ2n) is 9.05. The van der Waals surface area contributed by atoms with Gasteiger partial charge < -0.3 is 20.4 Å². The largest absolute Gasteiger partial charge is 0.478 e. The minimum absolute atomic E-state index is 0.0196. The number of amides is 2. The van der Waals surface area contributed by atoms with E-state index in [-0.39, 0.29) is 41.7 Å². The topological polar surface area (TPSA) is 107 Å². The monoisotopic (exact) mass is 450 g/mol. The molecule has 1 aliphatic carbocycles. The second kappa shape index (κ2) is 10.2.